The summed E-state index contributed by atoms with van der Waals surface area (Å²) in [6.45, 7) is 2.54. The van der Waals surface area contributed by atoms with Crippen LogP contribution in [-0.4, -0.2) is 60.7 Å². The van der Waals surface area contributed by atoms with Crippen LogP contribution in [0.1, 0.15) is 26.2 Å². The lowest BCUT2D eigenvalue weighted by Gasteiger charge is -2.14. The van der Waals surface area contributed by atoms with E-state index >= 15 is 0 Å². The summed E-state index contributed by atoms with van der Waals surface area (Å²) in [6.07, 6.45) is 3.45. The van der Waals surface area contributed by atoms with Crippen molar-refractivity contribution in [3.05, 3.63) is 0 Å². The van der Waals surface area contributed by atoms with Crippen molar-refractivity contribution in [3.63, 3.8) is 0 Å². The van der Waals surface area contributed by atoms with Crippen LogP contribution in [0.5, 0.6) is 0 Å². The van der Waals surface area contributed by atoms with Gasteiger partial charge in [-0.2, -0.15) is 11.8 Å². The lowest BCUT2D eigenvalue weighted by molar-refractivity contribution is -0.142. The van der Waals surface area contributed by atoms with E-state index in [1.54, 1.807) is 6.92 Å². The molecule has 0 aromatic carbocycles. The molecule has 7 nitrogen and oxygen atoms in total. The molecule has 0 fully saturated rings. The highest BCUT2D eigenvalue weighted by molar-refractivity contribution is 7.99. The van der Waals surface area contributed by atoms with Gasteiger partial charge in [0.05, 0.1) is 5.75 Å². The summed E-state index contributed by atoms with van der Waals surface area (Å²) in [7, 11) is 0. The van der Waals surface area contributed by atoms with Crippen LogP contribution in [0.15, 0.2) is 0 Å². The molecule has 21 heavy (non-hydrogen) atoms. The molecule has 122 valence electrons. The molecule has 0 saturated heterocycles. The fourth-order valence-electron chi connectivity index (χ4n) is 1.57. The Kier molecular flexibility index (Phi) is 11.7. The molecular formula is C13H24N2O5S. The summed E-state index contributed by atoms with van der Waals surface area (Å²) >= 11 is 1.45. The Morgan fingerprint density at radius 3 is 2.52 bits per heavy atom. The van der Waals surface area contributed by atoms with Gasteiger partial charge in [-0.15, -0.1) is 0 Å². The number of hydrogen-bond acceptors (Lipinski definition) is 5. The van der Waals surface area contributed by atoms with Crippen LogP contribution in [0.4, 0.5) is 0 Å². The standard InChI is InChI=1S/C13H24N2O5S/c1-3-20-8-11(16)15-10(13(18)19)6-4-5-7-14-12(17)9-21-2/h10H,3-9H2,1-2H3,(H,14,17)(H,15,16)(H,18,19). The van der Waals surface area contributed by atoms with Gasteiger partial charge in [0.15, 0.2) is 0 Å². The van der Waals surface area contributed by atoms with Gasteiger partial charge in [0, 0.05) is 13.2 Å². The predicted octanol–water partition coefficient (Wildman–Crippen LogP) is 0.242. The first-order valence-corrected chi connectivity index (χ1v) is 8.26. The monoisotopic (exact) mass is 320 g/mol. The van der Waals surface area contributed by atoms with Gasteiger partial charge in [0.25, 0.3) is 0 Å². The molecular weight excluding hydrogens is 296 g/mol. The number of carboxylic acids is 1. The van der Waals surface area contributed by atoms with Gasteiger partial charge in [-0.3, -0.25) is 9.59 Å². The number of rotatable bonds is 12. The Labute approximate surface area is 129 Å². The van der Waals surface area contributed by atoms with Gasteiger partial charge in [-0.25, -0.2) is 4.79 Å². The molecule has 0 rings (SSSR count). The number of ether oxygens (including phenoxy) is 1. The minimum absolute atomic E-state index is 0.0256. The quantitative estimate of drug-likeness (QED) is 0.445. The average molecular weight is 320 g/mol. The zero-order chi connectivity index (χ0) is 16.1. The van der Waals surface area contributed by atoms with E-state index in [1.807, 2.05) is 6.26 Å². The molecule has 0 radical (unpaired) electrons. The molecule has 8 heteroatoms. The Bertz CT molecular complexity index is 339. The van der Waals surface area contributed by atoms with Crippen molar-refractivity contribution in [2.75, 3.05) is 31.8 Å². The fourth-order valence-corrected chi connectivity index (χ4v) is 1.94. The number of hydrogen-bond donors (Lipinski definition) is 3. The molecule has 1 unspecified atom stereocenters. The van der Waals surface area contributed by atoms with Crippen molar-refractivity contribution < 1.29 is 24.2 Å². The summed E-state index contributed by atoms with van der Waals surface area (Å²) in [4.78, 5) is 33.6. The van der Waals surface area contributed by atoms with Crippen LogP contribution >= 0.6 is 11.8 Å². The minimum atomic E-state index is -1.06. The molecule has 0 aromatic heterocycles. The van der Waals surface area contributed by atoms with E-state index in [2.05, 4.69) is 10.6 Å². The second-order valence-corrected chi connectivity index (χ2v) is 5.24. The third kappa shape index (κ3) is 11.1. The van der Waals surface area contributed by atoms with E-state index in [9.17, 15) is 14.4 Å². The normalized spacial score (nSPS) is 11.7. The molecule has 0 aliphatic carbocycles. The van der Waals surface area contributed by atoms with E-state index in [0.717, 1.165) is 0 Å². The molecule has 3 N–H and O–H groups in total. The average Bonchev–Trinajstić information content (AvgIpc) is 2.43. The van der Waals surface area contributed by atoms with Gasteiger partial charge in [-0.1, -0.05) is 0 Å². The molecule has 1 atom stereocenters. The van der Waals surface area contributed by atoms with Gasteiger partial charge >= 0.3 is 5.97 Å². The van der Waals surface area contributed by atoms with Gasteiger partial charge in [0.1, 0.15) is 12.6 Å². The highest BCUT2D eigenvalue weighted by Crippen LogP contribution is 2.01. The molecule has 0 bridgehead atoms. The largest absolute Gasteiger partial charge is 0.480 e. The van der Waals surface area contributed by atoms with Crippen LogP contribution in [0.2, 0.25) is 0 Å². The van der Waals surface area contributed by atoms with Gasteiger partial charge < -0.3 is 20.5 Å². The summed E-state index contributed by atoms with van der Waals surface area (Å²) in [6, 6.07) is -0.917. The topological polar surface area (TPSA) is 105 Å². The molecule has 0 aromatic rings. The molecule has 0 aliphatic heterocycles. The maximum absolute atomic E-state index is 11.4. The fraction of sp³-hybridized carbons (Fsp3) is 0.769. The number of aliphatic carboxylic acids is 1. The van der Waals surface area contributed by atoms with Crippen LogP contribution < -0.4 is 10.6 Å². The first kappa shape index (κ1) is 19.7. The summed E-state index contributed by atoms with van der Waals surface area (Å²) < 4.78 is 4.91. The Morgan fingerprint density at radius 2 is 1.95 bits per heavy atom. The van der Waals surface area contributed by atoms with E-state index in [0.29, 0.717) is 38.2 Å². The van der Waals surface area contributed by atoms with Crippen molar-refractivity contribution in [1.82, 2.24) is 10.6 Å². The second kappa shape index (κ2) is 12.5. The summed E-state index contributed by atoms with van der Waals surface area (Å²) in [5.41, 5.74) is 0. The Balaban J connectivity index is 3.87. The van der Waals surface area contributed by atoms with E-state index in [1.165, 1.54) is 11.8 Å². The molecule has 0 spiro atoms. The number of carboxylic acid groups (broad SMARTS) is 1. The maximum atomic E-state index is 11.4. The van der Waals surface area contributed by atoms with Crippen molar-refractivity contribution in [2.24, 2.45) is 0 Å². The molecule has 0 aliphatic rings. The van der Waals surface area contributed by atoms with Crippen molar-refractivity contribution >= 4 is 29.5 Å². The maximum Gasteiger partial charge on any atom is 0.326 e. The number of nitrogens with one attached hydrogen (secondary N) is 2. The van der Waals surface area contributed by atoms with Gasteiger partial charge in [0.2, 0.25) is 11.8 Å². The number of carbonyl (C=O) groups is 3. The smallest absolute Gasteiger partial charge is 0.326 e. The van der Waals surface area contributed by atoms with Crippen LogP contribution in [0, 0.1) is 0 Å². The van der Waals surface area contributed by atoms with Crippen LogP contribution in [-0.2, 0) is 19.1 Å². The Hall–Kier alpha value is -1.28. The lowest BCUT2D eigenvalue weighted by atomic mass is 10.1. The highest BCUT2D eigenvalue weighted by atomic mass is 32.2. The first-order chi connectivity index (χ1) is 10.0. The third-order valence-corrected chi connectivity index (χ3v) is 3.14. The number of unbranched alkanes of at least 4 members (excludes halogenated alkanes) is 1. The SMILES string of the molecule is CCOCC(=O)NC(CCCCNC(=O)CSC)C(=O)O. The van der Waals surface area contributed by atoms with E-state index in [-0.39, 0.29) is 12.5 Å². The van der Waals surface area contributed by atoms with Crippen molar-refractivity contribution in [1.29, 1.82) is 0 Å². The van der Waals surface area contributed by atoms with Crippen molar-refractivity contribution in [2.45, 2.75) is 32.2 Å². The van der Waals surface area contributed by atoms with Crippen LogP contribution in [0.3, 0.4) is 0 Å². The summed E-state index contributed by atoms with van der Waals surface area (Å²) in [5, 5.41) is 14.2. The Morgan fingerprint density at radius 1 is 1.24 bits per heavy atom. The molecule has 0 saturated carbocycles. The first-order valence-electron chi connectivity index (χ1n) is 6.86. The number of carbonyl (C=O) groups excluding carboxylic acids is 2. The number of amides is 2. The zero-order valence-electron chi connectivity index (χ0n) is 12.5. The van der Waals surface area contributed by atoms with E-state index in [4.69, 9.17) is 9.84 Å². The van der Waals surface area contributed by atoms with Crippen LogP contribution in [0.25, 0.3) is 0 Å². The number of thioether (sulfide) groups is 1. The third-order valence-electron chi connectivity index (χ3n) is 2.59. The molecule has 2 amide bonds. The lowest BCUT2D eigenvalue weighted by Crippen LogP contribution is -2.42. The second-order valence-electron chi connectivity index (χ2n) is 4.37. The zero-order valence-corrected chi connectivity index (χ0v) is 13.3. The van der Waals surface area contributed by atoms with Gasteiger partial charge in [-0.05, 0) is 32.4 Å². The minimum Gasteiger partial charge on any atom is -0.480 e. The molecule has 0 heterocycles. The van der Waals surface area contributed by atoms with Crippen molar-refractivity contribution in [3.8, 4) is 0 Å². The highest BCUT2D eigenvalue weighted by Gasteiger charge is 2.19. The summed E-state index contributed by atoms with van der Waals surface area (Å²) in [5.74, 6) is -1.10. The van der Waals surface area contributed by atoms with E-state index < -0.39 is 17.9 Å². The predicted molar refractivity (Wildman–Crippen MR) is 81.3 cm³/mol.